The SMILES string of the molecule is COC1=C(C)C(c2ccc3c(c2)CCC3=O)CC1C. The van der Waals surface area contributed by atoms with Gasteiger partial charge in [-0.05, 0) is 36.5 Å². The molecular weight excluding hydrogens is 236 g/mol. The number of methoxy groups -OCH3 is 1. The maximum absolute atomic E-state index is 11.7. The molecule has 1 aromatic carbocycles. The minimum absolute atomic E-state index is 0.297. The van der Waals surface area contributed by atoms with E-state index in [4.69, 9.17) is 4.74 Å². The summed E-state index contributed by atoms with van der Waals surface area (Å²) in [7, 11) is 1.76. The molecule has 0 N–H and O–H groups in total. The summed E-state index contributed by atoms with van der Waals surface area (Å²) in [5, 5.41) is 0. The second-order valence-electron chi connectivity index (χ2n) is 5.78. The van der Waals surface area contributed by atoms with Gasteiger partial charge in [0.05, 0.1) is 12.9 Å². The first-order valence-electron chi connectivity index (χ1n) is 7.02. The lowest BCUT2D eigenvalue weighted by Crippen LogP contribution is -1.99. The summed E-state index contributed by atoms with van der Waals surface area (Å²) in [5.41, 5.74) is 4.85. The van der Waals surface area contributed by atoms with E-state index in [2.05, 4.69) is 26.0 Å². The Labute approximate surface area is 114 Å². The average Bonchev–Trinajstić information content (AvgIpc) is 2.90. The molecule has 2 heteroatoms. The van der Waals surface area contributed by atoms with Crippen molar-refractivity contribution in [1.82, 2.24) is 0 Å². The summed E-state index contributed by atoms with van der Waals surface area (Å²) in [6.45, 7) is 4.39. The first-order valence-corrected chi connectivity index (χ1v) is 7.02. The van der Waals surface area contributed by atoms with Crippen LogP contribution in [0.1, 0.15) is 54.1 Å². The minimum atomic E-state index is 0.297. The van der Waals surface area contributed by atoms with Gasteiger partial charge in [-0.25, -0.2) is 0 Å². The standard InChI is InChI=1S/C17H20O2/c1-10-8-15(11(2)17(10)19-3)13-4-6-14-12(9-13)5-7-16(14)18/h4,6,9-10,15H,5,7-8H2,1-3H3. The van der Waals surface area contributed by atoms with Crippen molar-refractivity contribution in [2.45, 2.75) is 39.0 Å². The topological polar surface area (TPSA) is 26.3 Å². The highest BCUT2D eigenvalue weighted by atomic mass is 16.5. The van der Waals surface area contributed by atoms with Crippen molar-refractivity contribution in [3.63, 3.8) is 0 Å². The third-order valence-electron chi connectivity index (χ3n) is 4.62. The van der Waals surface area contributed by atoms with Gasteiger partial charge in [0.2, 0.25) is 0 Å². The van der Waals surface area contributed by atoms with Gasteiger partial charge in [-0.15, -0.1) is 0 Å². The van der Waals surface area contributed by atoms with E-state index < -0.39 is 0 Å². The van der Waals surface area contributed by atoms with Crippen LogP contribution in [0.3, 0.4) is 0 Å². The Bertz CT molecular complexity index is 569. The van der Waals surface area contributed by atoms with Crippen LogP contribution in [0.5, 0.6) is 0 Å². The highest BCUT2D eigenvalue weighted by molar-refractivity contribution is 6.00. The van der Waals surface area contributed by atoms with Gasteiger partial charge in [0.1, 0.15) is 0 Å². The molecule has 0 heterocycles. The van der Waals surface area contributed by atoms with Crippen LogP contribution in [0.15, 0.2) is 29.5 Å². The van der Waals surface area contributed by atoms with Crippen molar-refractivity contribution in [2.75, 3.05) is 7.11 Å². The summed E-state index contributed by atoms with van der Waals surface area (Å²) < 4.78 is 5.52. The monoisotopic (exact) mass is 256 g/mol. The molecule has 0 bridgehead atoms. The Morgan fingerprint density at radius 3 is 2.74 bits per heavy atom. The molecule has 1 aromatic rings. The van der Waals surface area contributed by atoms with Crippen LogP contribution in [0, 0.1) is 5.92 Å². The van der Waals surface area contributed by atoms with Crippen LogP contribution in [0.4, 0.5) is 0 Å². The van der Waals surface area contributed by atoms with Crippen molar-refractivity contribution in [3.05, 3.63) is 46.2 Å². The number of hydrogen-bond acceptors (Lipinski definition) is 2. The van der Waals surface area contributed by atoms with Crippen LogP contribution in [0.2, 0.25) is 0 Å². The van der Waals surface area contributed by atoms with Crippen molar-refractivity contribution in [2.24, 2.45) is 5.92 Å². The fraction of sp³-hybridized carbons (Fsp3) is 0.471. The van der Waals surface area contributed by atoms with Gasteiger partial charge in [0.25, 0.3) is 0 Å². The Kier molecular flexibility index (Phi) is 2.96. The number of rotatable bonds is 2. The highest BCUT2D eigenvalue weighted by Gasteiger charge is 2.31. The lowest BCUT2D eigenvalue weighted by Gasteiger charge is -2.13. The van der Waals surface area contributed by atoms with E-state index in [-0.39, 0.29) is 0 Å². The van der Waals surface area contributed by atoms with Gasteiger partial charge in [-0.2, -0.15) is 0 Å². The van der Waals surface area contributed by atoms with Crippen molar-refractivity contribution < 1.29 is 9.53 Å². The average molecular weight is 256 g/mol. The Morgan fingerprint density at radius 1 is 1.26 bits per heavy atom. The van der Waals surface area contributed by atoms with E-state index in [1.54, 1.807) is 7.11 Å². The second-order valence-corrected chi connectivity index (χ2v) is 5.78. The molecule has 0 amide bonds. The molecule has 0 aromatic heterocycles. The van der Waals surface area contributed by atoms with E-state index >= 15 is 0 Å². The predicted molar refractivity (Wildman–Crippen MR) is 75.3 cm³/mol. The van der Waals surface area contributed by atoms with Crippen molar-refractivity contribution in [1.29, 1.82) is 0 Å². The van der Waals surface area contributed by atoms with E-state index in [1.807, 2.05) is 6.07 Å². The molecule has 2 atom stereocenters. The van der Waals surface area contributed by atoms with E-state index in [0.717, 1.165) is 24.2 Å². The zero-order chi connectivity index (χ0) is 13.6. The second kappa shape index (κ2) is 4.52. The number of carbonyl (C=O) groups is 1. The number of ether oxygens (including phenoxy) is 1. The highest BCUT2D eigenvalue weighted by Crippen LogP contribution is 2.43. The summed E-state index contributed by atoms with van der Waals surface area (Å²) in [6.07, 6.45) is 2.70. The zero-order valence-corrected chi connectivity index (χ0v) is 11.8. The smallest absolute Gasteiger partial charge is 0.163 e. The molecule has 0 fully saturated rings. The minimum Gasteiger partial charge on any atom is -0.501 e. The molecule has 2 aliphatic rings. The molecule has 100 valence electrons. The number of fused-ring (bicyclic) bond motifs is 1. The number of aryl methyl sites for hydroxylation is 1. The van der Waals surface area contributed by atoms with E-state index in [1.165, 1.54) is 16.7 Å². The number of allylic oxidation sites excluding steroid dienone is 2. The van der Waals surface area contributed by atoms with Crippen LogP contribution < -0.4 is 0 Å². The van der Waals surface area contributed by atoms with Gasteiger partial charge in [-0.1, -0.05) is 25.1 Å². The third kappa shape index (κ3) is 1.90. The van der Waals surface area contributed by atoms with Crippen LogP contribution in [-0.4, -0.2) is 12.9 Å². The molecule has 19 heavy (non-hydrogen) atoms. The van der Waals surface area contributed by atoms with Gasteiger partial charge < -0.3 is 4.74 Å². The quantitative estimate of drug-likeness (QED) is 0.803. The van der Waals surface area contributed by atoms with E-state index in [9.17, 15) is 4.79 Å². The summed E-state index contributed by atoms with van der Waals surface area (Å²) in [6, 6.07) is 6.38. The van der Waals surface area contributed by atoms with Gasteiger partial charge >= 0.3 is 0 Å². The number of hydrogen-bond donors (Lipinski definition) is 0. The molecule has 2 unspecified atom stereocenters. The van der Waals surface area contributed by atoms with Gasteiger partial charge in [0, 0.05) is 23.8 Å². The van der Waals surface area contributed by atoms with Gasteiger partial charge in [0.15, 0.2) is 5.78 Å². The lowest BCUT2D eigenvalue weighted by atomic mass is 9.90. The first-order chi connectivity index (χ1) is 9.11. The van der Waals surface area contributed by atoms with Gasteiger partial charge in [-0.3, -0.25) is 4.79 Å². The molecule has 2 aliphatic carbocycles. The molecular formula is C17H20O2. The van der Waals surface area contributed by atoms with Crippen LogP contribution in [-0.2, 0) is 11.2 Å². The fourth-order valence-corrected chi connectivity index (χ4v) is 3.64. The number of ketones is 1. The van der Waals surface area contributed by atoms with Crippen LogP contribution >= 0.6 is 0 Å². The molecule has 0 saturated carbocycles. The molecule has 0 aliphatic heterocycles. The lowest BCUT2D eigenvalue weighted by molar-refractivity contribution is 0.0994. The Morgan fingerprint density at radius 2 is 2.05 bits per heavy atom. The summed E-state index contributed by atoms with van der Waals surface area (Å²) >= 11 is 0. The fourth-order valence-electron chi connectivity index (χ4n) is 3.64. The van der Waals surface area contributed by atoms with Crippen molar-refractivity contribution >= 4 is 5.78 Å². The Balaban J connectivity index is 1.97. The number of Topliss-reactive ketones (excluding diaryl/α,β-unsaturated/α-hetero) is 1. The molecule has 3 rings (SSSR count). The van der Waals surface area contributed by atoms with Crippen LogP contribution in [0.25, 0.3) is 0 Å². The largest absolute Gasteiger partial charge is 0.501 e. The Hall–Kier alpha value is -1.57. The third-order valence-corrected chi connectivity index (χ3v) is 4.62. The number of benzene rings is 1. The molecule has 2 nitrogen and oxygen atoms in total. The predicted octanol–water partition coefficient (Wildman–Crippen LogP) is 3.86. The molecule has 0 radical (unpaired) electrons. The maximum atomic E-state index is 11.7. The zero-order valence-electron chi connectivity index (χ0n) is 11.8. The summed E-state index contributed by atoms with van der Waals surface area (Å²) in [4.78, 5) is 11.7. The summed E-state index contributed by atoms with van der Waals surface area (Å²) in [5.74, 6) is 2.38. The molecule has 0 saturated heterocycles. The normalized spacial score (nSPS) is 25.9. The first kappa shape index (κ1) is 12.5. The van der Waals surface area contributed by atoms with E-state index in [0.29, 0.717) is 24.0 Å². The molecule has 0 spiro atoms. The van der Waals surface area contributed by atoms with Crippen molar-refractivity contribution in [3.8, 4) is 0 Å². The maximum Gasteiger partial charge on any atom is 0.163 e. The number of carbonyl (C=O) groups excluding carboxylic acids is 1.